The monoisotopic (exact) mass is 304 g/mol. The van der Waals surface area contributed by atoms with Crippen molar-refractivity contribution in [3.63, 3.8) is 0 Å². The maximum Gasteiger partial charge on any atom is 0.265 e. The average molecular weight is 304 g/mol. The zero-order valence-electron chi connectivity index (χ0n) is 11.9. The van der Waals surface area contributed by atoms with Crippen LogP contribution in [0.15, 0.2) is 18.2 Å². The van der Waals surface area contributed by atoms with Gasteiger partial charge in [0.25, 0.3) is 5.91 Å². The normalized spacial score (nSPS) is 18.0. The molecule has 1 heterocycles. The Morgan fingerprint density at radius 1 is 1.57 bits per heavy atom. The smallest absolute Gasteiger partial charge is 0.265 e. The Bertz CT molecular complexity index is 609. The summed E-state index contributed by atoms with van der Waals surface area (Å²) >= 11 is 1.45. The first-order valence-corrected chi connectivity index (χ1v) is 7.72. The van der Waals surface area contributed by atoms with E-state index in [-0.39, 0.29) is 16.9 Å². The van der Waals surface area contributed by atoms with E-state index in [1.165, 1.54) is 11.8 Å². The number of ketones is 1. The highest BCUT2D eigenvalue weighted by Crippen LogP contribution is 2.31. The molecule has 110 valence electrons. The van der Waals surface area contributed by atoms with Crippen LogP contribution in [0.5, 0.6) is 5.75 Å². The SMILES string of the molecule is CC1Oc2ccc(C(=O)C(C)SCCC#N)cc2NC1=O. The predicted octanol–water partition coefficient (Wildman–Crippen LogP) is 2.62. The van der Waals surface area contributed by atoms with Crippen LogP contribution in [0.4, 0.5) is 5.69 Å². The van der Waals surface area contributed by atoms with Gasteiger partial charge in [-0.25, -0.2) is 0 Å². The minimum atomic E-state index is -0.528. The zero-order valence-corrected chi connectivity index (χ0v) is 12.7. The summed E-state index contributed by atoms with van der Waals surface area (Å²) in [5.74, 6) is 0.965. The second-order valence-electron chi connectivity index (χ2n) is 4.75. The van der Waals surface area contributed by atoms with Gasteiger partial charge in [-0.3, -0.25) is 9.59 Å². The Kier molecular flexibility index (Phi) is 4.86. The summed E-state index contributed by atoms with van der Waals surface area (Å²) in [6, 6.07) is 7.10. The number of fused-ring (bicyclic) bond motifs is 1. The van der Waals surface area contributed by atoms with Gasteiger partial charge in [-0.2, -0.15) is 5.26 Å². The van der Waals surface area contributed by atoms with Crippen LogP contribution >= 0.6 is 11.8 Å². The summed E-state index contributed by atoms with van der Waals surface area (Å²) in [5.41, 5.74) is 1.06. The zero-order chi connectivity index (χ0) is 15.4. The van der Waals surface area contributed by atoms with Crippen molar-refractivity contribution in [2.24, 2.45) is 0 Å². The number of benzene rings is 1. The van der Waals surface area contributed by atoms with Crippen molar-refractivity contribution in [3.8, 4) is 11.8 Å². The number of nitriles is 1. The van der Waals surface area contributed by atoms with E-state index in [2.05, 4.69) is 11.4 Å². The standard InChI is InChI=1S/C15H16N2O3S/c1-9-15(19)17-12-8-11(4-5-13(12)20-9)14(18)10(2)21-7-3-6-16/h4-5,8-10H,3,7H2,1-2H3,(H,17,19). The van der Waals surface area contributed by atoms with Crippen LogP contribution < -0.4 is 10.1 Å². The Hall–Kier alpha value is -2.00. The number of carbonyl (C=O) groups is 2. The molecule has 1 aliphatic rings. The number of ether oxygens (including phenoxy) is 1. The maximum absolute atomic E-state index is 12.3. The highest BCUT2D eigenvalue weighted by Gasteiger charge is 2.25. The van der Waals surface area contributed by atoms with Gasteiger partial charge in [0.05, 0.1) is 17.0 Å². The van der Waals surface area contributed by atoms with Crippen molar-refractivity contribution in [2.45, 2.75) is 31.6 Å². The molecule has 1 amide bonds. The van der Waals surface area contributed by atoms with E-state index in [0.717, 1.165) is 0 Å². The largest absolute Gasteiger partial charge is 0.479 e. The summed E-state index contributed by atoms with van der Waals surface area (Å²) < 4.78 is 5.45. The number of amides is 1. The lowest BCUT2D eigenvalue weighted by atomic mass is 10.1. The molecule has 0 spiro atoms. The number of hydrogen-bond donors (Lipinski definition) is 1. The van der Waals surface area contributed by atoms with Gasteiger partial charge in [0.1, 0.15) is 5.75 Å². The molecule has 0 saturated carbocycles. The van der Waals surface area contributed by atoms with Gasteiger partial charge >= 0.3 is 0 Å². The second-order valence-corrected chi connectivity index (χ2v) is 6.19. The quantitative estimate of drug-likeness (QED) is 0.668. The van der Waals surface area contributed by atoms with Crippen LogP contribution in [0.3, 0.4) is 0 Å². The molecule has 1 N–H and O–H groups in total. The molecule has 0 saturated heterocycles. The Balaban J connectivity index is 2.11. The van der Waals surface area contributed by atoms with Crippen molar-refractivity contribution in [1.82, 2.24) is 0 Å². The molecule has 5 nitrogen and oxygen atoms in total. The molecule has 2 unspecified atom stereocenters. The minimum absolute atomic E-state index is 0.0198. The molecule has 6 heteroatoms. The number of nitrogens with zero attached hydrogens (tertiary/aromatic N) is 1. The van der Waals surface area contributed by atoms with E-state index < -0.39 is 6.10 Å². The van der Waals surface area contributed by atoms with Gasteiger partial charge in [0.15, 0.2) is 11.9 Å². The highest BCUT2D eigenvalue weighted by molar-refractivity contribution is 8.00. The van der Waals surface area contributed by atoms with Crippen molar-refractivity contribution in [2.75, 3.05) is 11.1 Å². The van der Waals surface area contributed by atoms with Gasteiger partial charge in [-0.05, 0) is 32.0 Å². The van der Waals surface area contributed by atoms with E-state index in [4.69, 9.17) is 10.00 Å². The van der Waals surface area contributed by atoms with Crippen LogP contribution in [0.1, 0.15) is 30.6 Å². The van der Waals surface area contributed by atoms with E-state index in [1.807, 2.05) is 6.92 Å². The lowest BCUT2D eigenvalue weighted by Gasteiger charge is -2.23. The van der Waals surface area contributed by atoms with Crippen LogP contribution in [0.25, 0.3) is 0 Å². The van der Waals surface area contributed by atoms with Crippen LogP contribution in [-0.4, -0.2) is 28.8 Å². The maximum atomic E-state index is 12.3. The van der Waals surface area contributed by atoms with E-state index >= 15 is 0 Å². The fourth-order valence-corrected chi connectivity index (χ4v) is 2.80. The summed E-state index contributed by atoms with van der Waals surface area (Å²) in [6.07, 6.45) is -0.103. The molecule has 21 heavy (non-hydrogen) atoms. The van der Waals surface area contributed by atoms with Crippen LogP contribution in [0, 0.1) is 11.3 Å². The number of nitrogens with one attached hydrogen (secondary N) is 1. The third-order valence-corrected chi connectivity index (χ3v) is 4.30. The number of rotatable bonds is 5. The third kappa shape index (κ3) is 3.56. The summed E-state index contributed by atoms with van der Waals surface area (Å²) in [7, 11) is 0. The fourth-order valence-electron chi connectivity index (χ4n) is 1.95. The van der Waals surface area contributed by atoms with Crippen LogP contribution in [0.2, 0.25) is 0 Å². The van der Waals surface area contributed by atoms with E-state index in [9.17, 15) is 9.59 Å². The van der Waals surface area contributed by atoms with Crippen LogP contribution in [-0.2, 0) is 4.79 Å². The molecule has 0 aromatic heterocycles. The number of carbonyl (C=O) groups excluding carboxylic acids is 2. The van der Waals surface area contributed by atoms with Crippen molar-refractivity contribution >= 4 is 29.1 Å². The second kappa shape index (κ2) is 6.64. The lowest BCUT2D eigenvalue weighted by Crippen LogP contribution is -2.34. The average Bonchev–Trinajstić information content (AvgIpc) is 2.47. The Labute approximate surface area is 127 Å². The van der Waals surface area contributed by atoms with Crippen molar-refractivity contribution in [3.05, 3.63) is 23.8 Å². The molecule has 1 aromatic carbocycles. The molecule has 0 fully saturated rings. The predicted molar refractivity (Wildman–Crippen MR) is 81.6 cm³/mol. The molecular weight excluding hydrogens is 288 g/mol. The summed E-state index contributed by atoms with van der Waals surface area (Å²) in [4.78, 5) is 23.9. The lowest BCUT2D eigenvalue weighted by molar-refractivity contribution is -0.122. The van der Waals surface area contributed by atoms with Gasteiger partial charge in [0, 0.05) is 17.7 Å². The van der Waals surface area contributed by atoms with Crippen molar-refractivity contribution < 1.29 is 14.3 Å². The molecule has 2 rings (SSSR count). The fraction of sp³-hybridized carbons (Fsp3) is 0.400. The summed E-state index contributed by atoms with van der Waals surface area (Å²) in [6.45, 7) is 3.49. The first-order valence-electron chi connectivity index (χ1n) is 6.67. The first-order chi connectivity index (χ1) is 10.0. The van der Waals surface area contributed by atoms with E-state index in [1.54, 1.807) is 25.1 Å². The van der Waals surface area contributed by atoms with E-state index in [0.29, 0.717) is 29.2 Å². The molecule has 1 aliphatic heterocycles. The Morgan fingerprint density at radius 2 is 2.33 bits per heavy atom. The summed E-state index contributed by atoms with van der Waals surface area (Å²) in [5, 5.41) is 11.0. The number of hydrogen-bond acceptors (Lipinski definition) is 5. The van der Waals surface area contributed by atoms with Crippen molar-refractivity contribution in [1.29, 1.82) is 5.26 Å². The number of thioether (sulfide) groups is 1. The topological polar surface area (TPSA) is 79.2 Å². The molecule has 2 atom stereocenters. The minimum Gasteiger partial charge on any atom is -0.479 e. The third-order valence-electron chi connectivity index (χ3n) is 3.15. The highest BCUT2D eigenvalue weighted by atomic mass is 32.2. The molecule has 0 bridgehead atoms. The molecular formula is C15H16N2O3S. The molecule has 0 radical (unpaired) electrons. The van der Waals surface area contributed by atoms with Gasteiger partial charge < -0.3 is 10.1 Å². The molecule has 0 aliphatic carbocycles. The first kappa shape index (κ1) is 15.4. The molecule has 1 aromatic rings. The van der Waals surface area contributed by atoms with Gasteiger partial charge in [0.2, 0.25) is 0 Å². The van der Waals surface area contributed by atoms with Gasteiger partial charge in [-0.1, -0.05) is 0 Å². The number of anilines is 1. The van der Waals surface area contributed by atoms with Gasteiger partial charge in [-0.15, -0.1) is 11.8 Å². The number of Topliss-reactive ketones (excluding diaryl/α,β-unsaturated/α-hetero) is 1. The Morgan fingerprint density at radius 3 is 3.05 bits per heavy atom.